The number of hydrogen-bond donors (Lipinski definition) is 1. The Bertz CT molecular complexity index is 410. The third-order valence-corrected chi connectivity index (χ3v) is 2.43. The van der Waals surface area contributed by atoms with Gasteiger partial charge >= 0.3 is 0 Å². The molecule has 0 aromatic heterocycles. The lowest BCUT2D eigenvalue weighted by molar-refractivity contribution is 0.554. The van der Waals surface area contributed by atoms with Crippen LogP contribution in [-0.2, 0) is 0 Å². The summed E-state index contributed by atoms with van der Waals surface area (Å²) < 4.78 is 26.7. The molecule has 1 aromatic rings. The molecule has 1 rings (SSSR count). The second-order valence-corrected chi connectivity index (χ2v) is 3.70. The molecule has 0 heterocycles. The standard InChI is InChI=1S/C9H7BrF2N2/c1-4(14)8-6(10)2-7(11)5(3-13)9(8)12/h2,4H,14H2,1H3/t4-/m1/s1. The molecule has 0 spiro atoms. The summed E-state index contributed by atoms with van der Waals surface area (Å²) in [6.45, 7) is 1.56. The molecular formula is C9H7BrF2N2. The molecule has 0 saturated heterocycles. The predicted molar refractivity (Wildman–Crippen MR) is 51.4 cm³/mol. The van der Waals surface area contributed by atoms with Gasteiger partial charge in [0.15, 0.2) is 0 Å². The summed E-state index contributed by atoms with van der Waals surface area (Å²) >= 11 is 2.99. The molecule has 0 aliphatic heterocycles. The third-order valence-electron chi connectivity index (χ3n) is 1.77. The van der Waals surface area contributed by atoms with Crippen molar-refractivity contribution < 1.29 is 8.78 Å². The average molecular weight is 261 g/mol. The lowest BCUT2D eigenvalue weighted by Crippen LogP contribution is -2.10. The van der Waals surface area contributed by atoms with Crippen molar-refractivity contribution >= 4 is 15.9 Å². The first-order valence-electron chi connectivity index (χ1n) is 3.82. The van der Waals surface area contributed by atoms with Gasteiger partial charge in [-0.25, -0.2) is 8.78 Å². The fourth-order valence-electron chi connectivity index (χ4n) is 1.13. The lowest BCUT2D eigenvalue weighted by Gasteiger charge is -2.11. The van der Waals surface area contributed by atoms with Crippen LogP contribution in [0.2, 0.25) is 0 Å². The minimum Gasteiger partial charge on any atom is -0.324 e. The van der Waals surface area contributed by atoms with Gasteiger partial charge in [0.05, 0.1) is 0 Å². The van der Waals surface area contributed by atoms with Crippen LogP contribution in [0.25, 0.3) is 0 Å². The van der Waals surface area contributed by atoms with Crippen LogP contribution in [0.15, 0.2) is 10.5 Å². The number of benzene rings is 1. The van der Waals surface area contributed by atoms with Crippen molar-refractivity contribution in [1.82, 2.24) is 0 Å². The van der Waals surface area contributed by atoms with E-state index in [2.05, 4.69) is 15.9 Å². The van der Waals surface area contributed by atoms with Crippen LogP contribution in [0.4, 0.5) is 8.78 Å². The maximum atomic E-state index is 13.5. The topological polar surface area (TPSA) is 49.8 Å². The van der Waals surface area contributed by atoms with Gasteiger partial charge in [0.25, 0.3) is 0 Å². The summed E-state index contributed by atoms with van der Waals surface area (Å²) in [5.41, 5.74) is 5.00. The van der Waals surface area contributed by atoms with E-state index in [1.54, 1.807) is 6.92 Å². The zero-order valence-corrected chi connectivity index (χ0v) is 8.90. The molecule has 0 fully saturated rings. The van der Waals surface area contributed by atoms with Crippen molar-refractivity contribution in [2.75, 3.05) is 0 Å². The van der Waals surface area contributed by atoms with Gasteiger partial charge < -0.3 is 5.73 Å². The number of nitriles is 1. The fraction of sp³-hybridized carbons (Fsp3) is 0.222. The highest BCUT2D eigenvalue weighted by Gasteiger charge is 2.19. The van der Waals surface area contributed by atoms with Gasteiger partial charge in [-0.05, 0) is 13.0 Å². The highest BCUT2D eigenvalue weighted by Crippen LogP contribution is 2.28. The molecule has 2 N–H and O–H groups in total. The number of halogens is 3. The summed E-state index contributed by atoms with van der Waals surface area (Å²) in [5.74, 6) is -1.78. The summed E-state index contributed by atoms with van der Waals surface area (Å²) in [6.07, 6.45) is 0. The Morgan fingerprint density at radius 1 is 1.57 bits per heavy atom. The molecule has 1 atom stereocenters. The number of nitrogens with two attached hydrogens (primary N) is 1. The van der Waals surface area contributed by atoms with Crippen molar-refractivity contribution in [1.29, 1.82) is 5.26 Å². The van der Waals surface area contributed by atoms with Crippen LogP contribution in [0.5, 0.6) is 0 Å². The highest BCUT2D eigenvalue weighted by atomic mass is 79.9. The van der Waals surface area contributed by atoms with Crippen LogP contribution in [-0.4, -0.2) is 0 Å². The molecule has 0 bridgehead atoms. The molecule has 0 amide bonds. The molecule has 1 aromatic carbocycles. The third kappa shape index (κ3) is 1.76. The smallest absolute Gasteiger partial charge is 0.149 e. The normalized spacial score (nSPS) is 12.3. The number of hydrogen-bond acceptors (Lipinski definition) is 2. The van der Waals surface area contributed by atoms with E-state index in [9.17, 15) is 8.78 Å². The molecule has 74 valence electrons. The van der Waals surface area contributed by atoms with Gasteiger partial charge in [0.1, 0.15) is 23.3 Å². The van der Waals surface area contributed by atoms with Crippen molar-refractivity contribution in [2.24, 2.45) is 5.73 Å². The van der Waals surface area contributed by atoms with E-state index in [0.717, 1.165) is 6.07 Å². The second kappa shape index (κ2) is 4.03. The van der Waals surface area contributed by atoms with Crippen LogP contribution in [0, 0.1) is 23.0 Å². The number of nitrogens with zero attached hydrogens (tertiary/aromatic N) is 1. The first-order chi connectivity index (χ1) is 6.49. The van der Waals surface area contributed by atoms with E-state index in [1.807, 2.05) is 0 Å². The molecule has 0 unspecified atom stereocenters. The van der Waals surface area contributed by atoms with E-state index in [-0.39, 0.29) is 10.0 Å². The van der Waals surface area contributed by atoms with Crippen molar-refractivity contribution in [3.63, 3.8) is 0 Å². The first-order valence-corrected chi connectivity index (χ1v) is 4.61. The predicted octanol–water partition coefficient (Wildman–Crippen LogP) is 2.62. The van der Waals surface area contributed by atoms with Crippen LogP contribution in [0.1, 0.15) is 24.1 Å². The van der Waals surface area contributed by atoms with E-state index >= 15 is 0 Å². The highest BCUT2D eigenvalue weighted by molar-refractivity contribution is 9.10. The Morgan fingerprint density at radius 2 is 2.14 bits per heavy atom. The van der Waals surface area contributed by atoms with Crippen LogP contribution in [0.3, 0.4) is 0 Å². The Morgan fingerprint density at radius 3 is 2.57 bits per heavy atom. The Hall–Kier alpha value is -0.990. The Balaban J connectivity index is 3.54. The fourth-order valence-corrected chi connectivity index (χ4v) is 1.86. The Labute approximate surface area is 88.5 Å². The van der Waals surface area contributed by atoms with E-state index in [1.165, 1.54) is 6.07 Å². The van der Waals surface area contributed by atoms with Gasteiger partial charge in [-0.2, -0.15) is 5.26 Å². The molecule has 0 radical (unpaired) electrons. The summed E-state index contributed by atoms with van der Waals surface area (Å²) in [4.78, 5) is 0. The van der Waals surface area contributed by atoms with E-state index < -0.39 is 23.2 Å². The summed E-state index contributed by atoms with van der Waals surface area (Å²) in [7, 11) is 0. The maximum absolute atomic E-state index is 13.5. The zero-order valence-electron chi connectivity index (χ0n) is 7.31. The van der Waals surface area contributed by atoms with E-state index in [0.29, 0.717) is 0 Å². The second-order valence-electron chi connectivity index (χ2n) is 2.84. The zero-order chi connectivity index (χ0) is 10.9. The quantitative estimate of drug-likeness (QED) is 0.844. The minimum absolute atomic E-state index is 0.114. The molecule has 0 aliphatic carbocycles. The minimum atomic E-state index is -0.894. The molecule has 5 heteroatoms. The van der Waals surface area contributed by atoms with Crippen molar-refractivity contribution in [3.8, 4) is 6.07 Å². The van der Waals surface area contributed by atoms with Crippen molar-refractivity contribution in [3.05, 3.63) is 33.3 Å². The molecular weight excluding hydrogens is 254 g/mol. The van der Waals surface area contributed by atoms with Gasteiger partial charge in [0.2, 0.25) is 0 Å². The Kier molecular flexibility index (Phi) is 3.19. The lowest BCUT2D eigenvalue weighted by atomic mass is 10.0. The van der Waals surface area contributed by atoms with Gasteiger partial charge in [0, 0.05) is 16.1 Å². The van der Waals surface area contributed by atoms with Gasteiger partial charge in [-0.15, -0.1) is 0 Å². The molecule has 0 saturated carbocycles. The maximum Gasteiger partial charge on any atom is 0.149 e. The SMILES string of the molecule is C[C@@H](N)c1c(Br)cc(F)c(C#N)c1F. The van der Waals surface area contributed by atoms with Crippen LogP contribution < -0.4 is 5.73 Å². The molecule has 2 nitrogen and oxygen atoms in total. The van der Waals surface area contributed by atoms with Crippen LogP contribution >= 0.6 is 15.9 Å². The monoisotopic (exact) mass is 260 g/mol. The molecule has 0 aliphatic rings. The van der Waals surface area contributed by atoms with E-state index in [4.69, 9.17) is 11.0 Å². The summed E-state index contributed by atoms with van der Waals surface area (Å²) in [6, 6.07) is 1.90. The first kappa shape index (κ1) is 11.1. The van der Waals surface area contributed by atoms with Gasteiger partial charge in [-0.3, -0.25) is 0 Å². The number of rotatable bonds is 1. The van der Waals surface area contributed by atoms with Gasteiger partial charge in [-0.1, -0.05) is 15.9 Å². The summed E-state index contributed by atoms with van der Waals surface area (Å²) in [5, 5.41) is 8.51. The average Bonchev–Trinajstić information content (AvgIpc) is 2.02. The largest absolute Gasteiger partial charge is 0.324 e. The molecule has 14 heavy (non-hydrogen) atoms. The van der Waals surface area contributed by atoms with Crippen molar-refractivity contribution in [2.45, 2.75) is 13.0 Å².